The number of nitrogen functional groups attached to an aromatic ring is 1. The average molecular weight is 249 g/mol. The second-order valence-corrected chi connectivity index (χ2v) is 4.68. The summed E-state index contributed by atoms with van der Waals surface area (Å²) in [6.07, 6.45) is 5.93. The van der Waals surface area contributed by atoms with Gasteiger partial charge in [0, 0.05) is 25.0 Å². The Kier molecular flexibility index (Phi) is 3.66. The smallest absolute Gasteiger partial charge is 0.180 e. The molecule has 2 heterocycles. The molecule has 0 aliphatic heterocycles. The van der Waals surface area contributed by atoms with Crippen molar-refractivity contribution in [1.82, 2.24) is 14.4 Å². The van der Waals surface area contributed by atoms with E-state index in [2.05, 4.69) is 29.1 Å². The monoisotopic (exact) mass is 249 g/mol. The highest BCUT2D eigenvalue weighted by Crippen LogP contribution is 2.19. The Labute approximate surface area is 106 Å². The van der Waals surface area contributed by atoms with Gasteiger partial charge in [0.2, 0.25) is 0 Å². The van der Waals surface area contributed by atoms with Crippen molar-refractivity contribution in [2.75, 3.05) is 17.7 Å². The quantitative estimate of drug-likeness (QED) is 0.739. The van der Waals surface area contributed by atoms with Crippen LogP contribution in [0.3, 0.4) is 0 Å². The maximum atomic E-state index is 9.09. The molecule has 0 aliphatic rings. The zero-order chi connectivity index (χ0) is 13.1. The predicted molar refractivity (Wildman–Crippen MR) is 71.4 cm³/mol. The van der Waals surface area contributed by atoms with Crippen LogP contribution in [0.5, 0.6) is 0 Å². The van der Waals surface area contributed by atoms with E-state index in [4.69, 9.17) is 10.8 Å². The van der Waals surface area contributed by atoms with Crippen LogP contribution in [0.25, 0.3) is 5.65 Å². The van der Waals surface area contributed by atoms with Crippen LogP contribution >= 0.6 is 0 Å². The third kappa shape index (κ3) is 2.53. The molecule has 0 saturated carbocycles. The third-order valence-corrected chi connectivity index (χ3v) is 2.96. The largest absolute Gasteiger partial charge is 0.396 e. The number of fused-ring (bicyclic) bond motifs is 1. The first-order valence-electron chi connectivity index (χ1n) is 6.08. The van der Waals surface area contributed by atoms with Crippen LogP contribution < -0.4 is 11.1 Å². The molecule has 0 amide bonds. The van der Waals surface area contributed by atoms with E-state index in [-0.39, 0.29) is 12.6 Å². The molecule has 0 fully saturated rings. The molecular weight excluding hydrogens is 230 g/mol. The molecule has 18 heavy (non-hydrogen) atoms. The molecular formula is C12H19N5O. The Morgan fingerprint density at radius 2 is 2.28 bits per heavy atom. The minimum absolute atomic E-state index is 0.142. The van der Waals surface area contributed by atoms with Crippen molar-refractivity contribution in [3.63, 3.8) is 0 Å². The van der Waals surface area contributed by atoms with E-state index in [1.54, 1.807) is 12.4 Å². The number of hydrogen-bond acceptors (Lipinski definition) is 5. The van der Waals surface area contributed by atoms with Gasteiger partial charge in [-0.3, -0.25) is 0 Å². The summed E-state index contributed by atoms with van der Waals surface area (Å²) in [6.45, 7) is 4.34. The molecule has 1 unspecified atom stereocenters. The molecule has 0 saturated heterocycles. The summed E-state index contributed by atoms with van der Waals surface area (Å²) in [7, 11) is 0. The van der Waals surface area contributed by atoms with E-state index < -0.39 is 0 Å². The van der Waals surface area contributed by atoms with Gasteiger partial charge in [-0.05, 0) is 12.3 Å². The van der Waals surface area contributed by atoms with Crippen LogP contribution in [-0.2, 0) is 0 Å². The second-order valence-electron chi connectivity index (χ2n) is 4.68. The Balaban J connectivity index is 2.32. The first kappa shape index (κ1) is 12.6. The summed E-state index contributed by atoms with van der Waals surface area (Å²) in [5.41, 5.74) is 6.50. The lowest BCUT2D eigenvalue weighted by molar-refractivity contribution is 0.267. The lowest BCUT2D eigenvalue weighted by Crippen LogP contribution is -2.27. The van der Waals surface area contributed by atoms with Gasteiger partial charge in [0.15, 0.2) is 11.5 Å². The minimum Gasteiger partial charge on any atom is -0.396 e. The van der Waals surface area contributed by atoms with E-state index in [0.29, 0.717) is 24.0 Å². The van der Waals surface area contributed by atoms with Crippen LogP contribution in [0, 0.1) is 5.92 Å². The second kappa shape index (κ2) is 5.22. The minimum atomic E-state index is 0.142. The van der Waals surface area contributed by atoms with Gasteiger partial charge < -0.3 is 20.6 Å². The van der Waals surface area contributed by atoms with Crippen molar-refractivity contribution in [3.8, 4) is 0 Å². The molecule has 0 bridgehead atoms. The van der Waals surface area contributed by atoms with Crippen LogP contribution in [0.2, 0.25) is 0 Å². The Morgan fingerprint density at radius 3 is 2.94 bits per heavy atom. The summed E-state index contributed by atoms with van der Waals surface area (Å²) < 4.78 is 1.83. The van der Waals surface area contributed by atoms with E-state index in [0.717, 1.165) is 5.65 Å². The fraction of sp³-hybridized carbons (Fsp3) is 0.500. The highest BCUT2D eigenvalue weighted by atomic mass is 16.3. The number of hydrogen-bond donors (Lipinski definition) is 3. The molecule has 98 valence electrons. The highest BCUT2D eigenvalue weighted by molar-refractivity contribution is 5.65. The lowest BCUT2D eigenvalue weighted by Gasteiger charge is -2.22. The van der Waals surface area contributed by atoms with Crippen molar-refractivity contribution in [1.29, 1.82) is 0 Å². The number of nitrogens with two attached hydrogens (primary N) is 1. The van der Waals surface area contributed by atoms with E-state index >= 15 is 0 Å². The maximum Gasteiger partial charge on any atom is 0.180 e. The third-order valence-electron chi connectivity index (χ3n) is 2.96. The number of aliphatic hydroxyl groups excluding tert-OH is 1. The fourth-order valence-electron chi connectivity index (χ4n) is 1.93. The average Bonchev–Trinajstić information content (AvgIpc) is 2.76. The number of imidazole rings is 1. The van der Waals surface area contributed by atoms with Crippen molar-refractivity contribution in [3.05, 3.63) is 18.6 Å². The summed E-state index contributed by atoms with van der Waals surface area (Å²) in [4.78, 5) is 8.53. The summed E-state index contributed by atoms with van der Waals surface area (Å²) in [6, 6.07) is 0.143. The van der Waals surface area contributed by atoms with Crippen LogP contribution in [0.1, 0.15) is 20.3 Å². The van der Waals surface area contributed by atoms with Crippen LogP contribution in [0.15, 0.2) is 18.6 Å². The summed E-state index contributed by atoms with van der Waals surface area (Å²) in [5, 5.41) is 12.4. The standard InChI is InChI=1S/C12H19N5O/c1-8(2)9(3-6-18)15-11-12-14-4-5-17(12)7-10(13)16-11/h4-5,7-9,18H,3,6,13H2,1-2H3,(H,15,16). The van der Waals surface area contributed by atoms with Crippen LogP contribution in [0.4, 0.5) is 11.6 Å². The molecule has 0 aliphatic carbocycles. The summed E-state index contributed by atoms with van der Waals surface area (Å²) >= 11 is 0. The van der Waals surface area contributed by atoms with Gasteiger partial charge in [0.05, 0.1) is 6.20 Å². The van der Waals surface area contributed by atoms with Crippen molar-refractivity contribution in [2.24, 2.45) is 5.92 Å². The van der Waals surface area contributed by atoms with Gasteiger partial charge in [-0.15, -0.1) is 0 Å². The maximum absolute atomic E-state index is 9.09. The van der Waals surface area contributed by atoms with E-state index in [1.165, 1.54) is 0 Å². The first-order chi connectivity index (χ1) is 8.61. The molecule has 6 nitrogen and oxygen atoms in total. The van der Waals surface area contributed by atoms with Crippen molar-refractivity contribution in [2.45, 2.75) is 26.3 Å². The predicted octanol–water partition coefficient (Wildman–Crippen LogP) is 1.13. The van der Waals surface area contributed by atoms with Gasteiger partial charge in [-0.2, -0.15) is 0 Å². The van der Waals surface area contributed by atoms with Gasteiger partial charge in [0.25, 0.3) is 0 Å². The van der Waals surface area contributed by atoms with Crippen molar-refractivity contribution < 1.29 is 5.11 Å². The molecule has 6 heteroatoms. The normalized spacial score (nSPS) is 13.1. The van der Waals surface area contributed by atoms with Gasteiger partial charge >= 0.3 is 0 Å². The fourth-order valence-corrected chi connectivity index (χ4v) is 1.93. The molecule has 4 N–H and O–H groups in total. The molecule has 2 rings (SSSR count). The number of nitrogens with zero attached hydrogens (tertiary/aromatic N) is 3. The topological polar surface area (TPSA) is 88.5 Å². The number of rotatable bonds is 5. The molecule has 1 atom stereocenters. The number of aliphatic hydroxyl groups is 1. The Morgan fingerprint density at radius 1 is 1.50 bits per heavy atom. The number of anilines is 2. The molecule has 2 aromatic rings. The van der Waals surface area contributed by atoms with Crippen molar-refractivity contribution >= 4 is 17.3 Å². The van der Waals surface area contributed by atoms with E-state index in [1.807, 2.05) is 10.6 Å². The zero-order valence-electron chi connectivity index (χ0n) is 10.7. The number of aromatic nitrogens is 3. The molecule has 0 spiro atoms. The van der Waals surface area contributed by atoms with Gasteiger partial charge in [-0.25, -0.2) is 9.97 Å². The lowest BCUT2D eigenvalue weighted by atomic mass is 10.0. The first-order valence-corrected chi connectivity index (χ1v) is 6.08. The van der Waals surface area contributed by atoms with Crippen LogP contribution in [-0.4, -0.2) is 32.1 Å². The SMILES string of the molecule is CC(C)C(CCO)Nc1nc(N)cn2ccnc12. The molecule has 0 radical (unpaired) electrons. The molecule has 0 aromatic carbocycles. The van der Waals surface area contributed by atoms with Gasteiger partial charge in [-0.1, -0.05) is 13.8 Å². The molecule has 2 aromatic heterocycles. The Hall–Kier alpha value is -1.82. The van der Waals surface area contributed by atoms with E-state index in [9.17, 15) is 0 Å². The Bertz CT molecular complexity index is 522. The van der Waals surface area contributed by atoms with Gasteiger partial charge in [0.1, 0.15) is 5.82 Å². The zero-order valence-corrected chi connectivity index (χ0v) is 10.7. The number of nitrogens with one attached hydrogen (secondary N) is 1. The highest BCUT2D eigenvalue weighted by Gasteiger charge is 2.15. The summed E-state index contributed by atoms with van der Waals surface area (Å²) in [5.74, 6) is 1.48.